The smallest absolute Gasteiger partial charge is 0.306 e. The van der Waals surface area contributed by atoms with Crippen LogP contribution in [0.1, 0.15) is 181 Å². The van der Waals surface area contributed by atoms with Gasteiger partial charge in [0.15, 0.2) is 6.10 Å². The van der Waals surface area contributed by atoms with Gasteiger partial charge in [-0.25, -0.2) is 0 Å². The van der Waals surface area contributed by atoms with Crippen LogP contribution in [0, 0.1) is 0 Å². The van der Waals surface area contributed by atoms with Crippen molar-refractivity contribution >= 4 is 17.9 Å². The Morgan fingerprint density at radius 2 is 0.676 bits per heavy atom. The Bertz CT molecular complexity index is 1640. The molecular weight excluding hydrogens is 841 g/mol. The highest BCUT2D eigenvalue weighted by molar-refractivity contribution is 5.71. The van der Waals surface area contributed by atoms with Gasteiger partial charge in [-0.3, -0.25) is 14.4 Å². The number of unbranched alkanes of at least 4 members (excludes halogenated alkanes) is 11. The van der Waals surface area contributed by atoms with Crippen LogP contribution >= 0.6 is 0 Å². The lowest BCUT2D eigenvalue weighted by Crippen LogP contribution is -2.30. The standard InChI is InChI=1S/C62H92O6/c1-4-7-10-13-16-19-22-25-27-29-31-33-34-37-40-43-46-49-52-55-61(64)67-58-59(57-66-60(63)54-51-48-45-42-39-36-24-21-18-15-12-9-6-3)68-62(65)56-53-50-47-44-41-38-35-32-30-28-26-23-20-17-14-11-8-5-2/h7,9-10,12,15-21,23-28,30-33,35-37,39-40,46,49,59H,4-6,8,11,13-14,22,29,34,38,41-45,47-48,50-58H2,1-3H3/b10-7+,12-9+,18-15+,19-16+,20-17+,24-21+,26-23+,27-25+,30-28+,33-31+,35-32+,39-36+,40-37+,49-46+. The summed E-state index contributed by atoms with van der Waals surface area (Å²) in [5, 5.41) is 0. The minimum Gasteiger partial charge on any atom is -0.462 e. The Hall–Kier alpha value is -5.23. The van der Waals surface area contributed by atoms with Gasteiger partial charge in [0.05, 0.1) is 0 Å². The minimum absolute atomic E-state index is 0.141. The molecular formula is C62H92O6. The molecule has 376 valence electrons. The third kappa shape index (κ3) is 51.7. The molecule has 6 nitrogen and oxygen atoms in total. The molecule has 0 heterocycles. The van der Waals surface area contributed by atoms with Crippen LogP contribution in [-0.4, -0.2) is 37.2 Å². The van der Waals surface area contributed by atoms with Crippen molar-refractivity contribution in [1.29, 1.82) is 0 Å². The predicted octanol–water partition coefficient (Wildman–Crippen LogP) is 17.6. The fourth-order valence-electron chi connectivity index (χ4n) is 6.25. The Balaban J connectivity index is 4.65. The van der Waals surface area contributed by atoms with Gasteiger partial charge in [-0.1, -0.05) is 229 Å². The maximum atomic E-state index is 12.8. The number of esters is 3. The summed E-state index contributed by atoms with van der Waals surface area (Å²) in [6, 6.07) is 0. The van der Waals surface area contributed by atoms with Gasteiger partial charge >= 0.3 is 17.9 Å². The van der Waals surface area contributed by atoms with Crippen molar-refractivity contribution in [2.75, 3.05) is 13.2 Å². The molecule has 1 atom stereocenters. The Labute approximate surface area is 415 Å². The van der Waals surface area contributed by atoms with Crippen LogP contribution in [0.2, 0.25) is 0 Å². The first-order valence-corrected chi connectivity index (χ1v) is 26.2. The van der Waals surface area contributed by atoms with Crippen molar-refractivity contribution in [3.8, 4) is 0 Å². The highest BCUT2D eigenvalue weighted by Gasteiger charge is 2.19. The van der Waals surface area contributed by atoms with Crippen molar-refractivity contribution in [3.05, 3.63) is 170 Å². The number of hydrogen-bond acceptors (Lipinski definition) is 6. The van der Waals surface area contributed by atoms with Crippen LogP contribution < -0.4 is 0 Å². The molecule has 0 aromatic carbocycles. The minimum atomic E-state index is -0.847. The summed E-state index contributed by atoms with van der Waals surface area (Å²) in [4.78, 5) is 38.0. The molecule has 0 saturated carbocycles. The molecule has 0 radical (unpaired) electrons. The summed E-state index contributed by atoms with van der Waals surface area (Å²) in [7, 11) is 0. The third-order valence-electron chi connectivity index (χ3n) is 10.1. The fourth-order valence-corrected chi connectivity index (χ4v) is 6.25. The van der Waals surface area contributed by atoms with Crippen LogP contribution in [0.15, 0.2) is 170 Å². The fraction of sp³-hybridized carbons (Fsp3) is 0.500. The molecule has 6 heteroatoms. The van der Waals surface area contributed by atoms with Gasteiger partial charge in [-0.15, -0.1) is 0 Å². The lowest BCUT2D eigenvalue weighted by molar-refractivity contribution is -0.166. The molecule has 0 N–H and O–H groups in total. The number of carbonyl (C=O) groups excluding carboxylic acids is 3. The van der Waals surface area contributed by atoms with E-state index in [4.69, 9.17) is 14.2 Å². The van der Waals surface area contributed by atoms with Crippen LogP contribution in [0.25, 0.3) is 0 Å². The number of ether oxygens (including phenoxy) is 3. The summed E-state index contributed by atoms with van der Waals surface area (Å²) in [5.74, 6) is -1.10. The summed E-state index contributed by atoms with van der Waals surface area (Å²) in [6.45, 7) is 6.19. The second-order valence-electron chi connectivity index (χ2n) is 16.5. The lowest BCUT2D eigenvalue weighted by Gasteiger charge is -2.18. The summed E-state index contributed by atoms with van der Waals surface area (Å²) in [5.41, 5.74) is 0. The molecule has 1 unspecified atom stereocenters. The molecule has 0 rings (SSSR count). The molecule has 0 aromatic heterocycles. The van der Waals surface area contributed by atoms with Crippen LogP contribution in [-0.2, 0) is 28.6 Å². The largest absolute Gasteiger partial charge is 0.462 e. The Kier molecular flexibility index (Phi) is 50.2. The van der Waals surface area contributed by atoms with Gasteiger partial charge in [0.25, 0.3) is 0 Å². The second kappa shape index (κ2) is 54.4. The van der Waals surface area contributed by atoms with E-state index in [2.05, 4.69) is 142 Å². The molecule has 0 bridgehead atoms. The molecule has 0 saturated heterocycles. The van der Waals surface area contributed by atoms with Crippen molar-refractivity contribution in [3.63, 3.8) is 0 Å². The van der Waals surface area contributed by atoms with E-state index in [9.17, 15) is 14.4 Å². The number of hydrogen-bond donors (Lipinski definition) is 0. The molecule has 0 fully saturated rings. The Morgan fingerprint density at radius 3 is 1.15 bits per heavy atom. The topological polar surface area (TPSA) is 78.9 Å². The van der Waals surface area contributed by atoms with E-state index in [0.717, 1.165) is 103 Å². The van der Waals surface area contributed by atoms with E-state index < -0.39 is 6.10 Å². The van der Waals surface area contributed by atoms with Crippen molar-refractivity contribution in [2.24, 2.45) is 0 Å². The van der Waals surface area contributed by atoms with E-state index in [1.807, 2.05) is 48.6 Å². The van der Waals surface area contributed by atoms with Gasteiger partial charge in [0, 0.05) is 19.3 Å². The normalized spacial score (nSPS) is 13.5. The first-order chi connectivity index (χ1) is 33.5. The Morgan fingerprint density at radius 1 is 0.324 bits per heavy atom. The predicted molar refractivity (Wildman–Crippen MR) is 292 cm³/mol. The molecule has 0 aliphatic heterocycles. The zero-order valence-corrected chi connectivity index (χ0v) is 42.8. The van der Waals surface area contributed by atoms with E-state index in [0.29, 0.717) is 19.3 Å². The van der Waals surface area contributed by atoms with Crippen molar-refractivity contribution in [1.82, 2.24) is 0 Å². The molecule has 68 heavy (non-hydrogen) atoms. The molecule has 0 aromatic rings. The van der Waals surface area contributed by atoms with Crippen LogP contribution in [0.3, 0.4) is 0 Å². The van der Waals surface area contributed by atoms with Gasteiger partial charge in [-0.05, 0) is 103 Å². The average Bonchev–Trinajstić information content (AvgIpc) is 3.34. The number of allylic oxidation sites excluding steroid dienone is 28. The van der Waals surface area contributed by atoms with Crippen molar-refractivity contribution in [2.45, 2.75) is 187 Å². The van der Waals surface area contributed by atoms with Gasteiger partial charge in [0.1, 0.15) is 13.2 Å². The van der Waals surface area contributed by atoms with Crippen LogP contribution in [0.4, 0.5) is 0 Å². The van der Waals surface area contributed by atoms with E-state index in [1.54, 1.807) is 0 Å². The maximum Gasteiger partial charge on any atom is 0.306 e. The molecule has 0 amide bonds. The molecule has 0 aliphatic carbocycles. The highest BCUT2D eigenvalue weighted by atomic mass is 16.6. The molecule has 0 spiro atoms. The first kappa shape index (κ1) is 62.8. The van der Waals surface area contributed by atoms with E-state index >= 15 is 0 Å². The first-order valence-electron chi connectivity index (χ1n) is 26.2. The maximum absolute atomic E-state index is 12.8. The van der Waals surface area contributed by atoms with Crippen molar-refractivity contribution < 1.29 is 28.6 Å². The summed E-state index contributed by atoms with van der Waals surface area (Å²) >= 11 is 0. The summed E-state index contributed by atoms with van der Waals surface area (Å²) in [6.07, 6.45) is 80.6. The zero-order chi connectivity index (χ0) is 49.3. The third-order valence-corrected chi connectivity index (χ3v) is 10.1. The zero-order valence-electron chi connectivity index (χ0n) is 42.8. The van der Waals surface area contributed by atoms with Gasteiger partial charge in [0.2, 0.25) is 0 Å². The van der Waals surface area contributed by atoms with Gasteiger partial charge < -0.3 is 14.2 Å². The quantitative estimate of drug-likeness (QED) is 0.0199. The monoisotopic (exact) mass is 933 g/mol. The highest BCUT2D eigenvalue weighted by Crippen LogP contribution is 2.11. The van der Waals surface area contributed by atoms with Gasteiger partial charge in [-0.2, -0.15) is 0 Å². The lowest BCUT2D eigenvalue weighted by atomic mass is 10.1. The summed E-state index contributed by atoms with van der Waals surface area (Å²) < 4.78 is 16.7. The van der Waals surface area contributed by atoms with Crippen LogP contribution in [0.5, 0.6) is 0 Å². The SMILES string of the molecule is CC/C=C/C=C/C=C/C=C/CCCCCC(=O)OCC(COC(=O)CC/C=C/C/C=C/C/C=C/C/C=C/C/C=C/C/C=C/CC)OC(=O)CCCCCCC/C=C/C=C/C=C/C=C/CCCCC. The number of carbonyl (C=O) groups is 3. The average molecular weight is 933 g/mol. The molecule has 0 aliphatic rings. The van der Waals surface area contributed by atoms with E-state index in [-0.39, 0.29) is 50.4 Å². The second-order valence-corrected chi connectivity index (χ2v) is 16.5. The van der Waals surface area contributed by atoms with E-state index in [1.165, 1.54) is 19.3 Å². The number of rotatable bonds is 44.